The van der Waals surface area contributed by atoms with Gasteiger partial charge in [-0.15, -0.1) is 11.3 Å². The number of oxazole rings is 1. The molecule has 0 aliphatic heterocycles. The molecule has 2 aromatic carbocycles. The van der Waals surface area contributed by atoms with Crippen molar-refractivity contribution in [1.29, 1.82) is 0 Å². The molecule has 0 unspecified atom stereocenters. The van der Waals surface area contributed by atoms with Gasteiger partial charge in [0.1, 0.15) is 11.1 Å². The van der Waals surface area contributed by atoms with Gasteiger partial charge in [0.2, 0.25) is 0 Å². The number of aromatic nitrogens is 1. The number of carbonyl (C=O) groups is 2. The molecule has 0 fully saturated rings. The number of carboxylic acids is 1. The number of aromatic carboxylic acids is 1. The molecule has 6 nitrogen and oxygen atoms in total. The number of anilines is 1. The van der Waals surface area contributed by atoms with Crippen LogP contribution in [-0.2, 0) is 6.18 Å². The van der Waals surface area contributed by atoms with E-state index < -0.39 is 23.6 Å². The van der Waals surface area contributed by atoms with Crippen LogP contribution in [0.4, 0.5) is 18.9 Å². The zero-order valence-electron chi connectivity index (χ0n) is 14.9. The topological polar surface area (TPSA) is 92.4 Å². The van der Waals surface area contributed by atoms with E-state index >= 15 is 0 Å². The molecule has 0 aliphatic carbocycles. The lowest BCUT2D eigenvalue weighted by Gasteiger charge is -2.08. The summed E-state index contributed by atoms with van der Waals surface area (Å²) in [4.78, 5) is 28.5. The van der Waals surface area contributed by atoms with Crippen molar-refractivity contribution in [2.75, 3.05) is 5.32 Å². The van der Waals surface area contributed by atoms with E-state index in [4.69, 9.17) is 4.42 Å². The molecule has 1 amide bonds. The predicted molar refractivity (Wildman–Crippen MR) is 104 cm³/mol. The lowest BCUT2D eigenvalue weighted by atomic mass is 10.1. The van der Waals surface area contributed by atoms with Crippen LogP contribution in [0.2, 0.25) is 0 Å². The normalized spacial score (nSPS) is 11.6. The molecule has 0 radical (unpaired) electrons. The molecule has 152 valence electrons. The number of nitrogens with zero attached hydrogens (tertiary/aromatic N) is 1. The summed E-state index contributed by atoms with van der Waals surface area (Å²) in [5.41, 5.74) is 0.0737. The fourth-order valence-corrected chi connectivity index (χ4v) is 3.83. The molecule has 2 N–H and O–H groups in total. The summed E-state index contributed by atoms with van der Waals surface area (Å²) in [6.45, 7) is 0. The molecule has 2 heterocycles. The second-order valence-corrected chi connectivity index (χ2v) is 7.05. The number of carboxylic acid groups (broad SMARTS) is 1. The minimum Gasteiger partial charge on any atom is -0.478 e. The number of carbonyl (C=O) groups excluding carboxylic acids is 1. The van der Waals surface area contributed by atoms with Crippen LogP contribution in [0, 0.1) is 0 Å². The lowest BCUT2D eigenvalue weighted by Crippen LogP contribution is -2.14. The van der Waals surface area contributed by atoms with Crippen molar-refractivity contribution < 1.29 is 32.3 Å². The molecule has 0 bridgehead atoms. The zero-order chi connectivity index (χ0) is 21.5. The van der Waals surface area contributed by atoms with Gasteiger partial charge in [-0.05, 0) is 29.8 Å². The number of alkyl halides is 3. The van der Waals surface area contributed by atoms with Gasteiger partial charge in [0.25, 0.3) is 5.89 Å². The molecular formula is C20H11F3N2O4S. The molecule has 30 heavy (non-hydrogen) atoms. The molecule has 10 heteroatoms. The van der Waals surface area contributed by atoms with Crippen molar-refractivity contribution in [1.82, 2.24) is 4.98 Å². The molecule has 0 spiro atoms. The number of thiophene rings is 1. The first-order valence-corrected chi connectivity index (χ1v) is 9.31. The Morgan fingerprint density at radius 3 is 2.40 bits per heavy atom. The Balaban J connectivity index is 1.65. The molecular weight excluding hydrogens is 421 g/mol. The van der Waals surface area contributed by atoms with Crippen LogP contribution in [-0.4, -0.2) is 22.0 Å². The first kappa shape index (κ1) is 19.6. The fraction of sp³-hybridized carbons (Fsp3) is 0.0500. The van der Waals surface area contributed by atoms with E-state index in [0.717, 1.165) is 23.5 Å². The highest BCUT2D eigenvalue weighted by Crippen LogP contribution is 2.38. The van der Waals surface area contributed by atoms with Gasteiger partial charge < -0.3 is 14.8 Å². The maximum atomic E-state index is 12.8. The molecule has 0 atom stereocenters. The Hall–Kier alpha value is -3.66. The second-order valence-electron chi connectivity index (χ2n) is 6.17. The third-order valence-electron chi connectivity index (χ3n) is 4.22. The van der Waals surface area contributed by atoms with Crippen LogP contribution in [0.3, 0.4) is 0 Å². The van der Waals surface area contributed by atoms with E-state index in [1.54, 1.807) is 24.3 Å². The van der Waals surface area contributed by atoms with Crippen molar-refractivity contribution in [2.24, 2.45) is 0 Å². The first-order valence-electron chi connectivity index (χ1n) is 8.43. The summed E-state index contributed by atoms with van der Waals surface area (Å²) >= 11 is 0.985. The molecule has 2 aromatic heterocycles. The average Bonchev–Trinajstić information content (AvgIpc) is 3.31. The van der Waals surface area contributed by atoms with Crippen molar-refractivity contribution in [3.05, 3.63) is 70.9 Å². The minimum atomic E-state index is -4.50. The smallest absolute Gasteiger partial charge is 0.416 e. The van der Waals surface area contributed by atoms with Crippen LogP contribution < -0.4 is 5.32 Å². The van der Waals surface area contributed by atoms with E-state index in [-0.39, 0.29) is 27.6 Å². The summed E-state index contributed by atoms with van der Waals surface area (Å²) in [7, 11) is 0. The van der Waals surface area contributed by atoms with Gasteiger partial charge in [-0.25, -0.2) is 9.78 Å². The molecule has 4 rings (SSSR count). The van der Waals surface area contributed by atoms with E-state index in [0.29, 0.717) is 11.1 Å². The largest absolute Gasteiger partial charge is 0.478 e. The summed E-state index contributed by atoms with van der Waals surface area (Å²) < 4.78 is 43.6. The summed E-state index contributed by atoms with van der Waals surface area (Å²) in [5.74, 6) is -2.32. The number of hydrogen-bond acceptors (Lipinski definition) is 5. The predicted octanol–water partition coefficient (Wildman–Crippen LogP) is 5.53. The Morgan fingerprint density at radius 2 is 1.77 bits per heavy atom. The van der Waals surface area contributed by atoms with E-state index in [1.807, 2.05) is 0 Å². The monoisotopic (exact) mass is 432 g/mol. The van der Waals surface area contributed by atoms with E-state index in [9.17, 15) is 27.9 Å². The van der Waals surface area contributed by atoms with Crippen LogP contribution in [0.25, 0.3) is 21.5 Å². The summed E-state index contributed by atoms with van der Waals surface area (Å²) in [6, 6.07) is 10.9. The van der Waals surface area contributed by atoms with Gasteiger partial charge in [0, 0.05) is 5.38 Å². The number of benzene rings is 2. The van der Waals surface area contributed by atoms with Crippen molar-refractivity contribution in [3.8, 4) is 10.4 Å². The van der Waals surface area contributed by atoms with Crippen molar-refractivity contribution in [2.45, 2.75) is 6.18 Å². The minimum absolute atomic E-state index is 0.00495. The third-order valence-corrected chi connectivity index (χ3v) is 5.24. The SMILES string of the molecule is O=C(Nc1csc(-c2ccc(C(F)(F)F)cc2)c1C(=O)O)c1nc2ccccc2o1. The number of para-hydroxylation sites is 2. The molecule has 0 aliphatic rings. The summed E-state index contributed by atoms with van der Waals surface area (Å²) in [6.07, 6.45) is -4.50. The highest BCUT2D eigenvalue weighted by atomic mass is 32.1. The number of amides is 1. The number of halogens is 3. The first-order chi connectivity index (χ1) is 14.2. The van der Waals surface area contributed by atoms with Gasteiger partial charge in [0.15, 0.2) is 5.58 Å². The Kier molecular flexibility index (Phi) is 4.78. The maximum absolute atomic E-state index is 12.8. The standard InChI is InChI=1S/C20H11F3N2O4S/c21-20(22,23)11-7-5-10(6-8-11)16-15(19(27)28)13(9-30-16)24-17(26)18-25-12-3-1-2-4-14(12)29-18/h1-9H,(H,24,26)(H,27,28). The number of hydrogen-bond donors (Lipinski definition) is 2. The Bertz CT molecular complexity index is 1230. The number of nitrogens with one attached hydrogen (secondary N) is 1. The van der Waals surface area contributed by atoms with Gasteiger partial charge >= 0.3 is 18.1 Å². The lowest BCUT2D eigenvalue weighted by molar-refractivity contribution is -0.137. The van der Waals surface area contributed by atoms with E-state index in [1.165, 1.54) is 17.5 Å². The van der Waals surface area contributed by atoms with Gasteiger partial charge in [-0.1, -0.05) is 24.3 Å². The third kappa shape index (κ3) is 3.64. The van der Waals surface area contributed by atoms with Gasteiger partial charge in [-0.3, -0.25) is 4.79 Å². The Labute approximate surface area is 170 Å². The number of rotatable bonds is 4. The van der Waals surface area contributed by atoms with Crippen LogP contribution >= 0.6 is 11.3 Å². The second kappa shape index (κ2) is 7.30. The van der Waals surface area contributed by atoms with E-state index in [2.05, 4.69) is 10.3 Å². The van der Waals surface area contributed by atoms with Crippen LogP contribution in [0.1, 0.15) is 26.6 Å². The summed E-state index contributed by atoms with van der Waals surface area (Å²) in [5, 5.41) is 13.5. The fourth-order valence-electron chi connectivity index (χ4n) is 2.83. The zero-order valence-corrected chi connectivity index (χ0v) is 15.7. The highest BCUT2D eigenvalue weighted by Gasteiger charge is 2.30. The van der Waals surface area contributed by atoms with Crippen molar-refractivity contribution >= 4 is 40.0 Å². The number of fused-ring (bicyclic) bond motifs is 1. The van der Waals surface area contributed by atoms with Gasteiger partial charge in [-0.2, -0.15) is 13.2 Å². The maximum Gasteiger partial charge on any atom is 0.416 e. The van der Waals surface area contributed by atoms with Gasteiger partial charge in [0.05, 0.1) is 16.1 Å². The quantitative estimate of drug-likeness (QED) is 0.443. The van der Waals surface area contributed by atoms with Crippen LogP contribution in [0.5, 0.6) is 0 Å². The van der Waals surface area contributed by atoms with Crippen LogP contribution in [0.15, 0.2) is 58.3 Å². The highest BCUT2D eigenvalue weighted by molar-refractivity contribution is 7.14. The van der Waals surface area contributed by atoms with Crippen molar-refractivity contribution in [3.63, 3.8) is 0 Å². The molecule has 0 saturated carbocycles. The molecule has 0 saturated heterocycles. The average molecular weight is 432 g/mol. The Morgan fingerprint density at radius 1 is 1.07 bits per heavy atom. The molecule has 4 aromatic rings.